The van der Waals surface area contributed by atoms with Gasteiger partial charge in [-0.2, -0.15) is 0 Å². The Kier molecular flexibility index (Phi) is 7.36. The highest BCUT2D eigenvalue weighted by Gasteiger charge is 2.10. The Morgan fingerprint density at radius 2 is 1.38 bits per heavy atom. The minimum absolute atomic E-state index is 0.378. The van der Waals surface area contributed by atoms with E-state index >= 15 is 0 Å². The van der Waals surface area contributed by atoms with E-state index in [-0.39, 0.29) is 0 Å². The summed E-state index contributed by atoms with van der Waals surface area (Å²) in [7, 11) is 0. The lowest BCUT2D eigenvalue weighted by molar-refractivity contribution is 0.376. The van der Waals surface area contributed by atoms with Crippen LogP contribution in [0.25, 0.3) is 0 Å². The van der Waals surface area contributed by atoms with E-state index in [2.05, 4.69) is 70.1 Å². The highest BCUT2D eigenvalue weighted by Crippen LogP contribution is 2.17. The standard InChI is InChI=1S/C15H25N/c1-7-9-11-14(5)16(13(3)4)15(6)12-10-8-2/h9-13H,5-8H2,1-4H3/b11-9-,12-10-. The van der Waals surface area contributed by atoms with Gasteiger partial charge in [0.15, 0.2) is 0 Å². The average molecular weight is 219 g/mol. The van der Waals surface area contributed by atoms with Gasteiger partial charge in [0.1, 0.15) is 0 Å². The molecule has 0 aliphatic rings. The van der Waals surface area contributed by atoms with Crippen LogP contribution in [0, 0.1) is 0 Å². The van der Waals surface area contributed by atoms with Crippen molar-refractivity contribution in [1.82, 2.24) is 4.90 Å². The van der Waals surface area contributed by atoms with Gasteiger partial charge in [0.2, 0.25) is 0 Å². The summed E-state index contributed by atoms with van der Waals surface area (Å²) in [5.41, 5.74) is 2.00. The quantitative estimate of drug-likeness (QED) is 0.563. The van der Waals surface area contributed by atoms with Gasteiger partial charge in [-0.25, -0.2) is 0 Å². The van der Waals surface area contributed by atoms with Gasteiger partial charge in [-0.3, -0.25) is 0 Å². The fourth-order valence-corrected chi connectivity index (χ4v) is 1.52. The van der Waals surface area contributed by atoms with Crippen molar-refractivity contribution in [3.8, 4) is 0 Å². The zero-order valence-corrected chi connectivity index (χ0v) is 11.2. The predicted molar refractivity (Wildman–Crippen MR) is 74.1 cm³/mol. The van der Waals surface area contributed by atoms with E-state index in [1.165, 1.54) is 0 Å². The van der Waals surface area contributed by atoms with Crippen molar-refractivity contribution in [2.45, 2.75) is 46.6 Å². The molecule has 0 aliphatic carbocycles. The number of hydrogen-bond donors (Lipinski definition) is 0. The van der Waals surface area contributed by atoms with Gasteiger partial charge in [-0.15, -0.1) is 0 Å². The first kappa shape index (κ1) is 14.8. The van der Waals surface area contributed by atoms with E-state index in [1.54, 1.807) is 0 Å². The SMILES string of the molecule is C=C(/C=C\CC)N(C(=C)/C=C\CC)C(C)C. The van der Waals surface area contributed by atoms with E-state index in [0.717, 1.165) is 24.2 Å². The van der Waals surface area contributed by atoms with Gasteiger partial charge < -0.3 is 4.90 Å². The second-order valence-corrected chi connectivity index (χ2v) is 4.07. The van der Waals surface area contributed by atoms with Crippen LogP contribution in [0.2, 0.25) is 0 Å². The van der Waals surface area contributed by atoms with Gasteiger partial charge >= 0.3 is 0 Å². The highest BCUT2D eigenvalue weighted by atomic mass is 15.2. The summed E-state index contributed by atoms with van der Waals surface area (Å²) in [5, 5.41) is 0. The van der Waals surface area contributed by atoms with Gasteiger partial charge in [0.05, 0.1) is 0 Å². The minimum Gasteiger partial charge on any atom is -0.340 e. The Morgan fingerprint density at radius 1 is 1.00 bits per heavy atom. The molecule has 0 saturated heterocycles. The molecule has 0 radical (unpaired) electrons. The van der Waals surface area contributed by atoms with Crippen LogP contribution in [0.5, 0.6) is 0 Å². The molecule has 0 atom stereocenters. The fraction of sp³-hybridized carbons (Fsp3) is 0.467. The van der Waals surface area contributed by atoms with Crippen molar-refractivity contribution < 1.29 is 0 Å². The van der Waals surface area contributed by atoms with Crippen LogP contribution in [0.4, 0.5) is 0 Å². The maximum atomic E-state index is 4.09. The molecule has 0 aromatic heterocycles. The molecule has 0 heterocycles. The normalized spacial score (nSPS) is 11.6. The zero-order chi connectivity index (χ0) is 12.6. The molecular formula is C15H25N. The van der Waals surface area contributed by atoms with E-state index in [1.807, 2.05) is 0 Å². The van der Waals surface area contributed by atoms with Crippen molar-refractivity contribution in [3.05, 3.63) is 48.9 Å². The Morgan fingerprint density at radius 3 is 1.62 bits per heavy atom. The van der Waals surface area contributed by atoms with E-state index < -0.39 is 0 Å². The Hall–Kier alpha value is -1.24. The average Bonchev–Trinajstić information content (AvgIpc) is 2.23. The topological polar surface area (TPSA) is 3.24 Å². The van der Waals surface area contributed by atoms with Crippen LogP contribution < -0.4 is 0 Å². The zero-order valence-electron chi connectivity index (χ0n) is 11.2. The molecule has 0 unspecified atom stereocenters. The molecule has 0 aromatic carbocycles. The summed E-state index contributed by atoms with van der Waals surface area (Å²) in [4.78, 5) is 2.15. The number of rotatable bonds is 7. The fourth-order valence-electron chi connectivity index (χ4n) is 1.52. The molecule has 16 heavy (non-hydrogen) atoms. The van der Waals surface area contributed by atoms with Crippen LogP contribution in [-0.4, -0.2) is 10.9 Å². The molecule has 90 valence electrons. The van der Waals surface area contributed by atoms with Crippen molar-refractivity contribution in [2.24, 2.45) is 0 Å². The van der Waals surface area contributed by atoms with Crippen LogP contribution in [-0.2, 0) is 0 Å². The van der Waals surface area contributed by atoms with Crippen molar-refractivity contribution in [1.29, 1.82) is 0 Å². The predicted octanol–water partition coefficient (Wildman–Crippen LogP) is 4.66. The number of allylic oxidation sites excluding steroid dienone is 4. The van der Waals surface area contributed by atoms with E-state index in [9.17, 15) is 0 Å². The van der Waals surface area contributed by atoms with E-state index in [4.69, 9.17) is 0 Å². The number of hydrogen-bond acceptors (Lipinski definition) is 1. The lowest BCUT2D eigenvalue weighted by atomic mass is 10.2. The summed E-state index contributed by atoms with van der Waals surface area (Å²) in [6.45, 7) is 16.7. The molecule has 0 N–H and O–H groups in total. The van der Waals surface area contributed by atoms with Crippen molar-refractivity contribution >= 4 is 0 Å². The molecule has 0 amide bonds. The van der Waals surface area contributed by atoms with E-state index in [0.29, 0.717) is 6.04 Å². The molecule has 0 spiro atoms. The molecular weight excluding hydrogens is 194 g/mol. The molecule has 0 rings (SSSR count). The largest absolute Gasteiger partial charge is 0.340 e. The highest BCUT2D eigenvalue weighted by molar-refractivity contribution is 5.25. The minimum atomic E-state index is 0.378. The smallest absolute Gasteiger partial charge is 0.0337 e. The van der Waals surface area contributed by atoms with Crippen LogP contribution in [0.15, 0.2) is 48.9 Å². The van der Waals surface area contributed by atoms with Crippen LogP contribution >= 0.6 is 0 Å². The monoisotopic (exact) mass is 219 g/mol. The molecule has 1 nitrogen and oxygen atoms in total. The molecule has 0 bridgehead atoms. The van der Waals surface area contributed by atoms with Crippen LogP contribution in [0.1, 0.15) is 40.5 Å². The van der Waals surface area contributed by atoms with Gasteiger partial charge in [0, 0.05) is 17.4 Å². The molecule has 0 fully saturated rings. The number of nitrogens with zero attached hydrogens (tertiary/aromatic N) is 1. The maximum Gasteiger partial charge on any atom is 0.0337 e. The Labute approximate surface area is 101 Å². The lowest BCUT2D eigenvalue weighted by Gasteiger charge is -2.29. The van der Waals surface area contributed by atoms with Crippen LogP contribution in [0.3, 0.4) is 0 Å². The summed E-state index contributed by atoms with van der Waals surface area (Å²) >= 11 is 0. The third kappa shape index (κ3) is 5.01. The van der Waals surface area contributed by atoms with Crippen molar-refractivity contribution in [3.63, 3.8) is 0 Å². The Bertz CT molecular complexity index is 256. The molecule has 0 saturated carbocycles. The summed E-state index contributed by atoms with van der Waals surface area (Å²) in [5.74, 6) is 0. The van der Waals surface area contributed by atoms with Gasteiger partial charge in [-0.1, -0.05) is 39.2 Å². The van der Waals surface area contributed by atoms with Crippen molar-refractivity contribution in [2.75, 3.05) is 0 Å². The Balaban J connectivity index is 4.73. The lowest BCUT2D eigenvalue weighted by Crippen LogP contribution is -2.27. The summed E-state index contributed by atoms with van der Waals surface area (Å²) in [6, 6.07) is 0.378. The molecule has 0 aromatic rings. The molecule has 1 heteroatoms. The summed E-state index contributed by atoms with van der Waals surface area (Å²) in [6.07, 6.45) is 10.4. The maximum absolute atomic E-state index is 4.09. The molecule has 0 aliphatic heterocycles. The first-order chi connectivity index (χ1) is 7.54. The summed E-state index contributed by atoms with van der Waals surface area (Å²) < 4.78 is 0. The van der Waals surface area contributed by atoms with Gasteiger partial charge in [0.25, 0.3) is 0 Å². The third-order valence-electron chi connectivity index (χ3n) is 2.23. The third-order valence-corrected chi connectivity index (χ3v) is 2.23. The first-order valence-electron chi connectivity index (χ1n) is 6.04. The first-order valence-corrected chi connectivity index (χ1v) is 6.04. The second-order valence-electron chi connectivity index (χ2n) is 4.07. The van der Waals surface area contributed by atoms with Gasteiger partial charge in [-0.05, 0) is 38.8 Å². The second kappa shape index (κ2) is 7.98.